The molecule has 2 rings (SSSR count). The third-order valence-corrected chi connectivity index (χ3v) is 3.89. The van der Waals surface area contributed by atoms with Gasteiger partial charge in [0, 0.05) is 42.8 Å². The minimum atomic E-state index is -0.232. The van der Waals surface area contributed by atoms with Gasteiger partial charge in [-0.1, -0.05) is 6.07 Å². The molecule has 0 unspecified atom stereocenters. The monoisotopic (exact) mass is 354 g/mol. The Balaban J connectivity index is 2.08. The summed E-state index contributed by atoms with van der Waals surface area (Å²) >= 11 is 0. The second-order valence-electron chi connectivity index (χ2n) is 6.75. The van der Waals surface area contributed by atoms with Gasteiger partial charge in [0.1, 0.15) is 0 Å². The number of carbonyl (C=O) groups excluding carboxylic acids is 2. The Morgan fingerprint density at radius 3 is 2.54 bits per heavy atom. The van der Waals surface area contributed by atoms with E-state index in [9.17, 15) is 9.59 Å². The molecule has 0 saturated carbocycles. The number of hydrogen-bond donors (Lipinski definition) is 2. The predicted octanol–water partition coefficient (Wildman–Crippen LogP) is 3.50. The number of pyridine rings is 1. The van der Waals surface area contributed by atoms with E-state index in [4.69, 9.17) is 0 Å². The third kappa shape index (κ3) is 5.31. The Morgan fingerprint density at radius 1 is 1.15 bits per heavy atom. The Kier molecular flexibility index (Phi) is 6.33. The van der Waals surface area contributed by atoms with Crippen molar-refractivity contribution in [2.75, 3.05) is 12.4 Å². The zero-order chi connectivity index (χ0) is 19.3. The van der Waals surface area contributed by atoms with Crippen LogP contribution in [0, 0.1) is 13.8 Å². The third-order valence-electron chi connectivity index (χ3n) is 3.89. The summed E-state index contributed by atoms with van der Waals surface area (Å²) in [5.41, 5.74) is 3.97. The number of nitrogens with one attached hydrogen (secondary N) is 2. The van der Waals surface area contributed by atoms with Crippen molar-refractivity contribution in [3.63, 3.8) is 0 Å². The van der Waals surface area contributed by atoms with Crippen molar-refractivity contribution < 1.29 is 9.59 Å². The lowest BCUT2D eigenvalue weighted by molar-refractivity contribution is 0.0943. The topological polar surface area (TPSA) is 74.3 Å². The summed E-state index contributed by atoms with van der Waals surface area (Å²) in [5.74, 6) is -0.156. The molecular formula is C20H26N4O2. The van der Waals surface area contributed by atoms with Crippen LogP contribution in [-0.4, -0.2) is 34.9 Å². The molecule has 0 aliphatic rings. The lowest BCUT2D eigenvalue weighted by Gasteiger charge is -2.19. The van der Waals surface area contributed by atoms with E-state index in [1.54, 1.807) is 30.3 Å². The van der Waals surface area contributed by atoms with Crippen LogP contribution in [0.5, 0.6) is 0 Å². The van der Waals surface area contributed by atoms with Crippen molar-refractivity contribution in [2.45, 2.75) is 40.3 Å². The van der Waals surface area contributed by atoms with Crippen molar-refractivity contribution >= 4 is 17.6 Å². The number of aryl methyl sites for hydroxylation is 2. The van der Waals surface area contributed by atoms with Gasteiger partial charge < -0.3 is 15.5 Å². The number of nitrogens with zero attached hydrogens (tertiary/aromatic N) is 2. The van der Waals surface area contributed by atoms with Gasteiger partial charge in [0.25, 0.3) is 5.91 Å². The molecule has 26 heavy (non-hydrogen) atoms. The van der Waals surface area contributed by atoms with Crippen molar-refractivity contribution in [1.82, 2.24) is 15.2 Å². The quantitative estimate of drug-likeness (QED) is 0.863. The standard InChI is InChI=1S/C20H26N4O2/c1-13(2)22-19(25)17-7-6-14(3)18(11-17)23-20(26)24(5)12-16-8-9-21-15(4)10-16/h6-11,13H,12H2,1-5H3,(H,22,25)(H,23,26). The van der Waals surface area contributed by atoms with Gasteiger partial charge in [-0.05, 0) is 63.1 Å². The van der Waals surface area contributed by atoms with Gasteiger partial charge in [-0.3, -0.25) is 9.78 Å². The first-order valence-electron chi connectivity index (χ1n) is 8.61. The summed E-state index contributed by atoms with van der Waals surface area (Å²) in [6.07, 6.45) is 1.73. The first kappa shape index (κ1) is 19.4. The van der Waals surface area contributed by atoms with Gasteiger partial charge in [0.05, 0.1) is 0 Å². The molecule has 0 aliphatic heterocycles. The number of carbonyl (C=O) groups is 2. The van der Waals surface area contributed by atoms with Crippen molar-refractivity contribution in [3.05, 3.63) is 58.9 Å². The number of aromatic nitrogens is 1. The van der Waals surface area contributed by atoms with Crippen molar-refractivity contribution in [3.8, 4) is 0 Å². The number of anilines is 1. The SMILES string of the molecule is Cc1cc(CN(C)C(=O)Nc2cc(C(=O)NC(C)C)ccc2C)ccn1. The molecule has 0 radical (unpaired) electrons. The van der Waals surface area contributed by atoms with Crippen LogP contribution in [0.4, 0.5) is 10.5 Å². The highest BCUT2D eigenvalue weighted by Crippen LogP contribution is 2.18. The van der Waals surface area contributed by atoms with Crippen LogP contribution < -0.4 is 10.6 Å². The van der Waals surface area contributed by atoms with Crippen molar-refractivity contribution in [1.29, 1.82) is 0 Å². The predicted molar refractivity (Wildman–Crippen MR) is 103 cm³/mol. The van der Waals surface area contributed by atoms with Crippen LogP contribution in [0.3, 0.4) is 0 Å². The van der Waals surface area contributed by atoms with E-state index in [2.05, 4.69) is 15.6 Å². The zero-order valence-corrected chi connectivity index (χ0v) is 16.0. The highest BCUT2D eigenvalue weighted by atomic mass is 16.2. The van der Waals surface area contributed by atoms with E-state index >= 15 is 0 Å². The number of benzene rings is 1. The van der Waals surface area contributed by atoms with Gasteiger partial charge in [-0.25, -0.2) is 4.79 Å². The van der Waals surface area contributed by atoms with Crippen LogP contribution >= 0.6 is 0 Å². The molecule has 0 fully saturated rings. The van der Waals surface area contributed by atoms with Crippen LogP contribution in [0.25, 0.3) is 0 Å². The maximum absolute atomic E-state index is 12.5. The molecule has 1 aromatic heterocycles. The lowest BCUT2D eigenvalue weighted by atomic mass is 10.1. The molecule has 0 saturated heterocycles. The molecule has 138 valence electrons. The molecular weight excluding hydrogens is 328 g/mol. The van der Waals surface area contributed by atoms with E-state index in [0.29, 0.717) is 17.8 Å². The number of urea groups is 1. The molecule has 6 nitrogen and oxygen atoms in total. The summed E-state index contributed by atoms with van der Waals surface area (Å²) in [6.45, 7) is 8.10. The number of hydrogen-bond acceptors (Lipinski definition) is 3. The first-order chi connectivity index (χ1) is 12.3. The minimum absolute atomic E-state index is 0.0526. The smallest absolute Gasteiger partial charge is 0.321 e. The van der Waals surface area contributed by atoms with E-state index in [1.807, 2.05) is 45.9 Å². The van der Waals surface area contributed by atoms with E-state index in [1.165, 1.54) is 0 Å². The van der Waals surface area contributed by atoms with Crippen LogP contribution in [-0.2, 0) is 6.54 Å². The normalized spacial score (nSPS) is 10.5. The van der Waals surface area contributed by atoms with E-state index in [-0.39, 0.29) is 18.0 Å². The molecule has 0 aliphatic carbocycles. The fourth-order valence-electron chi connectivity index (χ4n) is 2.50. The largest absolute Gasteiger partial charge is 0.350 e. The zero-order valence-electron chi connectivity index (χ0n) is 16.0. The highest BCUT2D eigenvalue weighted by molar-refractivity contribution is 5.97. The summed E-state index contributed by atoms with van der Waals surface area (Å²) in [5, 5.41) is 5.74. The fourth-order valence-corrected chi connectivity index (χ4v) is 2.50. The summed E-state index contributed by atoms with van der Waals surface area (Å²) in [6, 6.07) is 8.95. The first-order valence-corrected chi connectivity index (χ1v) is 8.61. The van der Waals surface area contributed by atoms with Crippen LogP contribution in [0.2, 0.25) is 0 Å². The summed E-state index contributed by atoms with van der Waals surface area (Å²) < 4.78 is 0. The molecule has 1 aromatic carbocycles. The lowest BCUT2D eigenvalue weighted by Crippen LogP contribution is -2.32. The Hall–Kier alpha value is -2.89. The minimum Gasteiger partial charge on any atom is -0.350 e. The highest BCUT2D eigenvalue weighted by Gasteiger charge is 2.14. The average molecular weight is 354 g/mol. The van der Waals surface area contributed by atoms with Gasteiger partial charge in [-0.2, -0.15) is 0 Å². The van der Waals surface area contributed by atoms with Gasteiger partial charge in [0.15, 0.2) is 0 Å². The molecule has 0 atom stereocenters. The van der Waals surface area contributed by atoms with E-state index < -0.39 is 0 Å². The molecule has 2 aromatic rings. The fraction of sp³-hybridized carbons (Fsp3) is 0.350. The second-order valence-corrected chi connectivity index (χ2v) is 6.75. The molecule has 2 N–H and O–H groups in total. The Bertz CT molecular complexity index is 802. The maximum Gasteiger partial charge on any atom is 0.321 e. The molecule has 3 amide bonds. The Morgan fingerprint density at radius 2 is 1.88 bits per heavy atom. The molecule has 6 heteroatoms. The maximum atomic E-state index is 12.5. The Labute approximate surface area is 154 Å². The molecule has 1 heterocycles. The van der Waals surface area contributed by atoms with Crippen molar-refractivity contribution in [2.24, 2.45) is 0 Å². The van der Waals surface area contributed by atoms with E-state index in [0.717, 1.165) is 16.8 Å². The van der Waals surface area contributed by atoms with Crippen LogP contribution in [0.15, 0.2) is 36.5 Å². The van der Waals surface area contributed by atoms with Gasteiger partial charge in [-0.15, -0.1) is 0 Å². The average Bonchev–Trinajstić information content (AvgIpc) is 2.56. The second kappa shape index (κ2) is 8.47. The van der Waals surface area contributed by atoms with Crippen LogP contribution in [0.1, 0.15) is 41.0 Å². The molecule has 0 spiro atoms. The number of amides is 3. The summed E-state index contributed by atoms with van der Waals surface area (Å²) in [7, 11) is 1.73. The van der Waals surface area contributed by atoms with Gasteiger partial charge >= 0.3 is 6.03 Å². The molecule has 0 bridgehead atoms. The summed E-state index contributed by atoms with van der Waals surface area (Å²) in [4.78, 5) is 30.4. The number of rotatable bonds is 5. The van der Waals surface area contributed by atoms with Gasteiger partial charge in [0.2, 0.25) is 0 Å².